The predicted octanol–water partition coefficient (Wildman–Crippen LogP) is 1.20. The molecule has 0 spiro atoms. The Morgan fingerprint density at radius 1 is 1.05 bits per heavy atom. The van der Waals surface area contributed by atoms with Gasteiger partial charge in [-0.05, 0) is 59.2 Å². The lowest BCUT2D eigenvalue weighted by atomic mass is 9.79. The van der Waals surface area contributed by atoms with Crippen LogP contribution >= 0.6 is 0 Å². The third-order valence-corrected chi connectivity index (χ3v) is 8.66. The highest BCUT2D eigenvalue weighted by molar-refractivity contribution is 5.91. The predicted molar refractivity (Wildman–Crippen MR) is 156 cm³/mol. The molecule has 11 nitrogen and oxygen atoms in total. The molecule has 0 radical (unpaired) electrons. The van der Waals surface area contributed by atoms with E-state index in [1.807, 2.05) is 6.92 Å². The van der Waals surface area contributed by atoms with E-state index < -0.39 is 78.6 Å². The summed E-state index contributed by atoms with van der Waals surface area (Å²) in [7, 11) is 3.46. The van der Waals surface area contributed by atoms with Crippen molar-refractivity contribution in [3.8, 4) is 0 Å². The van der Waals surface area contributed by atoms with E-state index >= 15 is 0 Å². The monoisotopic (exact) mass is 599 g/mol. The van der Waals surface area contributed by atoms with E-state index in [9.17, 15) is 35.1 Å². The SMILES string of the molecule is CC[C@H]1OC(=O)C[C@@H](O)[C@H](C)[C@@H](O[C@@H]2O[C@H](C)[C@@H](O)[C@H](N(C)C)[C@H]2O)C(CCO)C[C@@H](C)C(=O)/C=C/C(C)=C/[C@@H]1CO. The average Bonchev–Trinajstić information content (AvgIpc) is 2.93. The number of carbonyl (C=O) groups is 2. The lowest BCUT2D eigenvalue weighted by molar-refractivity contribution is -0.304. The Bertz CT molecular complexity index is 923. The van der Waals surface area contributed by atoms with Crippen molar-refractivity contribution in [1.29, 1.82) is 0 Å². The number of cyclic esters (lactones) is 1. The Kier molecular flexibility index (Phi) is 14.7. The third-order valence-electron chi connectivity index (χ3n) is 8.66. The molecule has 0 bridgehead atoms. The highest BCUT2D eigenvalue weighted by Crippen LogP contribution is 2.34. The molecule has 0 aromatic carbocycles. The van der Waals surface area contributed by atoms with Crippen molar-refractivity contribution in [1.82, 2.24) is 4.90 Å². The summed E-state index contributed by atoms with van der Waals surface area (Å²) in [5.41, 5.74) is 0.730. The quantitative estimate of drug-likeness (QED) is 0.267. The zero-order valence-corrected chi connectivity index (χ0v) is 26.1. The maximum atomic E-state index is 13.1. The number of hydrogen-bond donors (Lipinski definition) is 5. The largest absolute Gasteiger partial charge is 0.462 e. The maximum absolute atomic E-state index is 13.1. The van der Waals surface area contributed by atoms with Gasteiger partial charge in [0.25, 0.3) is 0 Å². The lowest BCUT2D eigenvalue weighted by Gasteiger charge is -2.46. The fourth-order valence-corrected chi connectivity index (χ4v) is 6.02. The Labute approximate surface area is 250 Å². The van der Waals surface area contributed by atoms with Crippen molar-refractivity contribution in [2.75, 3.05) is 27.3 Å². The number of carbonyl (C=O) groups excluding carboxylic acids is 2. The van der Waals surface area contributed by atoms with Crippen LogP contribution in [0.3, 0.4) is 0 Å². The highest BCUT2D eigenvalue weighted by Gasteiger charge is 2.47. The maximum Gasteiger partial charge on any atom is 0.308 e. The molecule has 42 heavy (non-hydrogen) atoms. The van der Waals surface area contributed by atoms with Crippen LogP contribution in [0, 0.1) is 23.7 Å². The smallest absolute Gasteiger partial charge is 0.308 e. The summed E-state index contributed by atoms with van der Waals surface area (Å²) in [6.45, 7) is 8.33. The van der Waals surface area contributed by atoms with E-state index in [2.05, 4.69) is 0 Å². The van der Waals surface area contributed by atoms with Crippen molar-refractivity contribution < 1.29 is 49.3 Å². The zero-order chi connectivity index (χ0) is 31.7. The summed E-state index contributed by atoms with van der Waals surface area (Å²) in [5, 5.41) is 53.0. The number of esters is 1. The van der Waals surface area contributed by atoms with E-state index in [4.69, 9.17) is 14.2 Å². The number of ketones is 1. The standard InChI is InChI=1S/C31H53NO10/c1-8-25-22(16-34)13-17(2)9-10-23(35)18(3)14-21(11-12-33)30(19(4)24(36)15-26(37)41-25)42-31-29(39)27(32(6)7)28(38)20(5)40-31/h9-10,13,18-22,24-25,27-31,33-34,36,38-39H,8,11-12,14-16H2,1-7H3/b10-9+,17-13+/t18-,19+,20-,21?,22-,24-,25-,27+,28-,29-,30-,31+/m1/s1. The highest BCUT2D eigenvalue weighted by atomic mass is 16.7. The number of rotatable bonds is 7. The molecule has 242 valence electrons. The average molecular weight is 600 g/mol. The van der Waals surface area contributed by atoms with Crippen LogP contribution in [0.15, 0.2) is 23.8 Å². The molecule has 2 rings (SSSR count). The Balaban J connectivity index is 2.51. The van der Waals surface area contributed by atoms with Crippen LogP contribution in [0.1, 0.15) is 60.3 Å². The first-order valence-electron chi connectivity index (χ1n) is 15.1. The van der Waals surface area contributed by atoms with Gasteiger partial charge >= 0.3 is 5.97 Å². The molecule has 2 aliphatic heterocycles. The molecule has 0 aliphatic carbocycles. The lowest BCUT2D eigenvalue weighted by Crippen LogP contribution is -2.63. The molecule has 2 aliphatic rings. The number of allylic oxidation sites excluding steroid dienone is 3. The van der Waals surface area contributed by atoms with Gasteiger partial charge in [0.15, 0.2) is 12.1 Å². The summed E-state index contributed by atoms with van der Waals surface area (Å²) in [6, 6.07) is -0.691. The van der Waals surface area contributed by atoms with Gasteiger partial charge in [-0.3, -0.25) is 9.59 Å². The molecule has 1 unspecified atom stereocenters. The summed E-state index contributed by atoms with van der Waals surface area (Å²) in [4.78, 5) is 27.8. The molecular weight excluding hydrogens is 546 g/mol. The Morgan fingerprint density at radius 2 is 1.71 bits per heavy atom. The van der Waals surface area contributed by atoms with Gasteiger partial charge in [0.2, 0.25) is 0 Å². The minimum Gasteiger partial charge on any atom is -0.462 e. The third kappa shape index (κ3) is 9.65. The number of likely N-dealkylation sites (N-methyl/N-ethyl adjacent to an activating group) is 1. The van der Waals surface area contributed by atoms with Crippen molar-refractivity contribution in [2.45, 2.75) is 109 Å². The van der Waals surface area contributed by atoms with Crippen LogP contribution in [-0.2, 0) is 23.8 Å². The van der Waals surface area contributed by atoms with E-state index in [-0.39, 0.29) is 31.8 Å². The van der Waals surface area contributed by atoms with Crippen molar-refractivity contribution in [3.05, 3.63) is 23.8 Å². The van der Waals surface area contributed by atoms with Gasteiger partial charge in [-0.1, -0.05) is 38.5 Å². The van der Waals surface area contributed by atoms with Crippen LogP contribution in [0.4, 0.5) is 0 Å². The second kappa shape index (κ2) is 17.0. The molecule has 0 aromatic heterocycles. The van der Waals surface area contributed by atoms with Gasteiger partial charge in [0.1, 0.15) is 12.2 Å². The summed E-state index contributed by atoms with van der Waals surface area (Å²) < 4.78 is 18.0. The van der Waals surface area contributed by atoms with Gasteiger partial charge in [-0.25, -0.2) is 0 Å². The van der Waals surface area contributed by atoms with Crippen LogP contribution in [-0.4, -0.2) is 118 Å². The summed E-state index contributed by atoms with van der Waals surface area (Å²) >= 11 is 0. The Morgan fingerprint density at radius 3 is 2.29 bits per heavy atom. The van der Waals surface area contributed by atoms with Gasteiger partial charge < -0.3 is 44.6 Å². The molecule has 0 saturated carbocycles. The molecule has 0 aromatic rings. The summed E-state index contributed by atoms with van der Waals surface area (Å²) in [5.74, 6) is -2.88. The first-order chi connectivity index (χ1) is 19.7. The molecular formula is C31H53NO10. The van der Waals surface area contributed by atoms with Crippen molar-refractivity contribution >= 4 is 11.8 Å². The molecule has 12 atom stereocenters. The van der Waals surface area contributed by atoms with Gasteiger partial charge in [-0.2, -0.15) is 0 Å². The second-order valence-electron chi connectivity index (χ2n) is 12.2. The molecule has 0 amide bonds. The fraction of sp³-hybridized carbons (Fsp3) is 0.806. The topological polar surface area (TPSA) is 166 Å². The van der Waals surface area contributed by atoms with Gasteiger partial charge in [0, 0.05) is 24.4 Å². The molecule has 2 heterocycles. The van der Waals surface area contributed by atoms with E-state index in [0.29, 0.717) is 12.8 Å². The number of hydrogen-bond acceptors (Lipinski definition) is 11. The molecule has 1 fully saturated rings. The zero-order valence-electron chi connectivity index (χ0n) is 26.1. The summed E-state index contributed by atoms with van der Waals surface area (Å²) in [6.07, 6.45) is -1.22. The normalized spacial score (nSPS) is 41.7. The minimum atomic E-state index is -1.24. The van der Waals surface area contributed by atoms with Crippen LogP contribution < -0.4 is 0 Å². The first kappa shape index (κ1) is 36.5. The van der Waals surface area contributed by atoms with Crippen molar-refractivity contribution in [3.63, 3.8) is 0 Å². The number of ether oxygens (including phenoxy) is 3. The van der Waals surface area contributed by atoms with E-state index in [1.54, 1.807) is 58.8 Å². The van der Waals surface area contributed by atoms with Crippen LogP contribution in [0.25, 0.3) is 0 Å². The van der Waals surface area contributed by atoms with Crippen LogP contribution in [0.5, 0.6) is 0 Å². The number of aliphatic hydroxyl groups is 5. The first-order valence-corrected chi connectivity index (χ1v) is 15.1. The van der Waals surface area contributed by atoms with E-state index in [1.165, 1.54) is 6.08 Å². The molecule has 11 heteroatoms. The number of nitrogens with zero attached hydrogens (tertiary/aromatic N) is 1. The fourth-order valence-electron chi connectivity index (χ4n) is 6.02. The Hall–Kier alpha value is -1.70. The molecule has 5 N–H and O–H groups in total. The number of aliphatic hydroxyl groups excluding tert-OH is 5. The van der Waals surface area contributed by atoms with E-state index in [0.717, 1.165) is 5.57 Å². The second-order valence-corrected chi connectivity index (χ2v) is 12.2. The van der Waals surface area contributed by atoms with Gasteiger partial charge in [0.05, 0.1) is 43.5 Å². The van der Waals surface area contributed by atoms with Crippen molar-refractivity contribution in [2.24, 2.45) is 23.7 Å². The van der Waals surface area contributed by atoms with Gasteiger partial charge in [-0.15, -0.1) is 0 Å². The van der Waals surface area contributed by atoms with Crippen LogP contribution in [0.2, 0.25) is 0 Å². The molecule has 1 saturated heterocycles. The minimum absolute atomic E-state index is 0.137.